The maximum Gasteiger partial charge on any atom is 0.276 e. The Morgan fingerprint density at radius 1 is 0.968 bits per heavy atom. The summed E-state index contributed by atoms with van der Waals surface area (Å²) in [6.45, 7) is 0. The number of rotatable bonds is 10. The molecule has 0 saturated carbocycles. The molecule has 2 aromatic carbocycles. The van der Waals surface area contributed by atoms with Gasteiger partial charge in [0.1, 0.15) is 5.75 Å². The van der Waals surface area contributed by atoms with Crippen LogP contribution in [0.25, 0.3) is 11.5 Å². The second kappa shape index (κ2) is 10.6. The summed E-state index contributed by atoms with van der Waals surface area (Å²) in [6, 6.07) is 10.7. The maximum atomic E-state index is 12.2. The number of carbonyl (C=O) groups is 1. The lowest BCUT2D eigenvalue weighted by atomic mass is 10.2. The molecule has 9 nitrogen and oxygen atoms in total. The second-order valence-corrected chi connectivity index (χ2v) is 7.18. The summed E-state index contributed by atoms with van der Waals surface area (Å²) >= 11 is 1.29. The Labute approximate surface area is 184 Å². The maximum absolute atomic E-state index is 12.2. The van der Waals surface area contributed by atoms with Crippen molar-refractivity contribution in [3.8, 4) is 34.5 Å². The highest BCUT2D eigenvalue weighted by atomic mass is 32.2. The number of carbonyl (C=O) groups excluding carboxylic acids is 1. The van der Waals surface area contributed by atoms with Gasteiger partial charge in [-0.2, -0.15) is 0 Å². The third-order valence-electron chi connectivity index (χ3n) is 4.25. The molecule has 0 fully saturated rings. The number of anilines is 1. The van der Waals surface area contributed by atoms with Gasteiger partial charge in [0.05, 0.1) is 34.1 Å². The molecular weight excluding hydrogens is 422 g/mol. The fraction of sp³-hybridized carbons (Fsp3) is 0.286. The van der Waals surface area contributed by atoms with E-state index in [1.165, 1.54) is 33.1 Å². The van der Waals surface area contributed by atoms with Gasteiger partial charge < -0.3 is 28.7 Å². The third-order valence-corrected chi connectivity index (χ3v) is 5.07. The van der Waals surface area contributed by atoms with E-state index < -0.39 is 0 Å². The zero-order valence-corrected chi connectivity index (χ0v) is 18.4. The van der Waals surface area contributed by atoms with Crippen molar-refractivity contribution >= 4 is 23.4 Å². The fourth-order valence-electron chi connectivity index (χ4n) is 2.78. The Kier molecular flexibility index (Phi) is 7.60. The first-order chi connectivity index (χ1) is 15.1. The van der Waals surface area contributed by atoms with E-state index in [2.05, 4.69) is 15.5 Å². The summed E-state index contributed by atoms with van der Waals surface area (Å²) < 4.78 is 27.0. The Morgan fingerprint density at radius 3 is 2.29 bits per heavy atom. The lowest BCUT2D eigenvalue weighted by Gasteiger charge is -2.12. The van der Waals surface area contributed by atoms with Crippen LogP contribution in [0.4, 0.5) is 5.69 Å². The number of amides is 1. The van der Waals surface area contributed by atoms with Crippen molar-refractivity contribution in [3.63, 3.8) is 0 Å². The van der Waals surface area contributed by atoms with E-state index in [4.69, 9.17) is 23.4 Å². The predicted octanol–water partition coefficient (Wildman–Crippen LogP) is 3.89. The molecule has 1 amide bonds. The van der Waals surface area contributed by atoms with Gasteiger partial charge in [0.25, 0.3) is 5.22 Å². The summed E-state index contributed by atoms with van der Waals surface area (Å²) in [6.07, 6.45) is 0.268. The Morgan fingerprint density at radius 2 is 1.65 bits per heavy atom. The van der Waals surface area contributed by atoms with E-state index in [9.17, 15) is 4.79 Å². The van der Waals surface area contributed by atoms with Crippen molar-refractivity contribution in [1.82, 2.24) is 10.2 Å². The number of methoxy groups -OCH3 is 4. The number of nitrogens with zero attached hydrogens (tertiary/aromatic N) is 2. The minimum Gasteiger partial charge on any atom is -0.495 e. The largest absolute Gasteiger partial charge is 0.495 e. The van der Waals surface area contributed by atoms with Crippen molar-refractivity contribution in [2.45, 2.75) is 11.6 Å². The number of para-hydroxylation sites is 2. The van der Waals surface area contributed by atoms with Gasteiger partial charge in [-0.15, -0.1) is 10.2 Å². The molecule has 0 bridgehead atoms. The van der Waals surface area contributed by atoms with Crippen molar-refractivity contribution in [2.24, 2.45) is 0 Å². The average molecular weight is 445 g/mol. The van der Waals surface area contributed by atoms with Crippen LogP contribution >= 0.6 is 11.8 Å². The zero-order chi connectivity index (χ0) is 22.2. The lowest BCUT2D eigenvalue weighted by Crippen LogP contribution is -2.12. The smallest absolute Gasteiger partial charge is 0.276 e. The zero-order valence-electron chi connectivity index (χ0n) is 17.6. The number of aromatic nitrogens is 2. The molecule has 0 aliphatic heterocycles. The molecule has 3 rings (SSSR count). The van der Waals surface area contributed by atoms with Gasteiger partial charge >= 0.3 is 0 Å². The van der Waals surface area contributed by atoms with Crippen LogP contribution in [-0.2, 0) is 4.79 Å². The minimum absolute atomic E-state index is 0.138. The molecule has 0 aliphatic carbocycles. The van der Waals surface area contributed by atoms with Gasteiger partial charge in [-0.05, 0) is 24.3 Å². The van der Waals surface area contributed by atoms with E-state index in [0.717, 1.165) is 0 Å². The van der Waals surface area contributed by atoms with Gasteiger partial charge in [-0.3, -0.25) is 4.79 Å². The summed E-state index contributed by atoms with van der Waals surface area (Å²) in [5, 5.41) is 11.3. The van der Waals surface area contributed by atoms with Gasteiger partial charge in [0.15, 0.2) is 11.5 Å². The summed E-state index contributed by atoms with van der Waals surface area (Å²) in [4.78, 5) is 12.2. The monoisotopic (exact) mass is 445 g/mol. The van der Waals surface area contributed by atoms with Crippen LogP contribution in [0.5, 0.6) is 23.0 Å². The normalized spacial score (nSPS) is 10.5. The summed E-state index contributed by atoms with van der Waals surface area (Å²) in [5.74, 6) is 2.69. The van der Waals surface area contributed by atoms with E-state index in [-0.39, 0.29) is 12.3 Å². The standard InChI is InChI=1S/C21H23N3O6S/c1-26-15-8-6-5-7-14(15)22-18(25)9-10-31-21-24-23-20(30-21)13-11-16(27-2)19(29-4)17(12-13)28-3/h5-8,11-12H,9-10H2,1-4H3,(H,22,25). The molecule has 0 unspecified atom stereocenters. The number of ether oxygens (including phenoxy) is 4. The van der Waals surface area contributed by atoms with Crippen molar-refractivity contribution in [2.75, 3.05) is 39.5 Å². The summed E-state index contributed by atoms with van der Waals surface area (Å²) in [7, 11) is 6.16. The van der Waals surface area contributed by atoms with E-state index in [1.54, 1.807) is 31.4 Å². The SMILES string of the molecule is COc1ccccc1NC(=O)CCSc1nnc(-c2cc(OC)c(OC)c(OC)c2)o1. The van der Waals surface area contributed by atoms with Crippen molar-refractivity contribution in [3.05, 3.63) is 36.4 Å². The minimum atomic E-state index is -0.138. The Bertz CT molecular complexity index is 1010. The van der Waals surface area contributed by atoms with Gasteiger partial charge in [-0.25, -0.2) is 0 Å². The highest BCUT2D eigenvalue weighted by Gasteiger charge is 2.18. The van der Waals surface area contributed by atoms with Crippen LogP contribution < -0.4 is 24.3 Å². The predicted molar refractivity (Wildman–Crippen MR) is 116 cm³/mol. The Hall–Kier alpha value is -3.40. The molecule has 1 aromatic heterocycles. The number of nitrogens with one attached hydrogen (secondary N) is 1. The molecule has 31 heavy (non-hydrogen) atoms. The first-order valence-electron chi connectivity index (χ1n) is 9.29. The Balaban J connectivity index is 1.61. The molecule has 164 valence electrons. The topological polar surface area (TPSA) is 105 Å². The first-order valence-corrected chi connectivity index (χ1v) is 10.3. The molecule has 0 atom stereocenters. The number of hydrogen-bond acceptors (Lipinski definition) is 9. The van der Waals surface area contributed by atoms with Crippen LogP contribution in [0.3, 0.4) is 0 Å². The number of hydrogen-bond donors (Lipinski definition) is 1. The number of thioether (sulfide) groups is 1. The first kappa shape index (κ1) is 22.3. The molecule has 0 aliphatic rings. The van der Waals surface area contributed by atoms with E-state index >= 15 is 0 Å². The van der Waals surface area contributed by atoms with Crippen LogP contribution in [0.15, 0.2) is 46.0 Å². The number of benzene rings is 2. The quantitative estimate of drug-likeness (QED) is 0.465. The highest BCUT2D eigenvalue weighted by molar-refractivity contribution is 7.99. The van der Waals surface area contributed by atoms with Crippen LogP contribution in [-0.4, -0.2) is 50.3 Å². The van der Waals surface area contributed by atoms with E-state index in [0.29, 0.717) is 51.1 Å². The third kappa shape index (κ3) is 5.40. The van der Waals surface area contributed by atoms with Crippen molar-refractivity contribution < 1.29 is 28.2 Å². The fourth-order valence-corrected chi connectivity index (χ4v) is 3.48. The molecule has 0 spiro atoms. The molecule has 1 heterocycles. The van der Waals surface area contributed by atoms with Crippen molar-refractivity contribution in [1.29, 1.82) is 0 Å². The van der Waals surface area contributed by atoms with Crippen LogP contribution in [0, 0.1) is 0 Å². The second-order valence-electron chi connectivity index (χ2n) is 6.13. The molecule has 1 N–H and O–H groups in total. The van der Waals surface area contributed by atoms with Crippen LogP contribution in [0.2, 0.25) is 0 Å². The molecule has 10 heteroatoms. The van der Waals surface area contributed by atoms with E-state index in [1.807, 2.05) is 12.1 Å². The van der Waals surface area contributed by atoms with Crippen LogP contribution in [0.1, 0.15) is 6.42 Å². The van der Waals surface area contributed by atoms with Gasteiger partial charge in [-0.1, -0.05) is 23.9 Å². The molecule has 3 aromatic rings. The molecule has 0 saturated heterocycles. The lowest BCUT2D eigenvalue weighted by molar-refractivity contribution is -0.115. The summed E-state index contributed by atoms with van der Waals surface area (Å²) in [5.41, 5.74) is 1.25. The van der Waals surface area contributed by atoms with Gasteiger partial charge in [0.2, 0.25) is 17.5 Å². The molecule has 0 radical (unpaired) electrons. The molecular formula is C21H23N3O6S. The average Bonchev–Trinajstić information content (AvgIpc) is 3.27. The highest BCUT2D eigenvalue weighted by Crippen LogP contribution is 2.41. The van der Waals surface area contributed by atoms with Gasteiger partial charge in [0, 0.05) is 17.7 Å².